The van der Waals surface area contributed by atoms with Crippen LogP contribution >= 0.6 is 0 Å². The van der Waals surface area contributed by atoms with Crippen LogP contribution in [0.5, 0.6) is 0 Å². The summed E-state index contributed by atoms with van der Waals surface area (Å²) in [5.74, 6) is -10.7. The molecule has 0 radical (unpaired) electrons. The molecule has 16 heavy (non-hydrogen) atoms. The fourth-order valence-electron chi connectivity index (χ4n) is 1.04. The third-order valence-electron chi connectivity index (χ3n) is 1.93. The molecular formula is C9H7F5OS. The fraction of sp³-hybridized carbons (Fsp3) is 0.333. The minimum Gasteiger partial charge on any atom is -0.259 e. The van der Waals surface area contributed by atoms with E-state index in [1.807, 2.05) is 0 Å². The Kier molecular flexibility index (Phi) is 4.01. The zero-order chi connectivity index (χ0) is 12.5. The summed E-state index contributed by atoms with van der Waals surface area (Å²) in [4.78, 5) is 0. The van der Waals surface area contributed by atoms with Crippen LogP contribution in [-0.2, 0) is 16.6 Å². The highest BCUT2D eigenvalue weighted by molar-refractivity contribution is 7.84. The van der Waals surface area contributed by atoms with Crippen molar-refractivity contribution in [2.24, 2.45) is 0 Å². The molecule has 1 nitrogen and oxygen atoms in total. The number of rotatable bonds is 3. The lowest BCUT2D eigenvalue weighted by atomic mass is 10.2. The van der Waals surface area contributed by atoms with Gasteiger partial charge in [0.2, 0.25) is 5.82 Å². The summed E-state index contributed by atoms with van der Waals surface area (Å²) in [6.45, 7) is 1.47. The maximum atomic E-state index is 13.0. The molecule has 1 rings (SSSR count). The van der Waals surface area contributed by atoms with Crippen molar-refractivity contribution >= 4 is 10.8 Å². The normalized spacial score (nSPS) is 12.9. The summed E-state index contributed by atoms with van der Waals surface area (Å²) < 4.78 is 75.1. The molecule has 0 amide bonds. The van der Waals surface area contributed by atoms with Crippen LogP contribution in [0.15, 0.2) is 0 Å². The largest absolute Gasteiger partial charge is 0.259 e. The molecule has 0 aliphatic rings. The molecular weight excluding hydrogens is 251 g/mol. The second kappa shape index (κ2) is 4.90. The molecule has 0 spiro atoms. The Morgan fingerprint density at radius 2 is 1.25 bits per heavy atom. The average Bonchev–Trinajstić information content (AvgIpc) is 2.29. The van der Waals surface area contributed by atoms with Crippen molar-refractivity contribution in [3.05, 3.63) is 34.6 Å². The Hall–Kier alpha value is -0.980. The smallest absolute Gasteiger partial charge is 0.200 e. The van der Waals surface area contributed by atoms with Crippen LogP contribution in [0.25, 0.3) is 0 Å². The highest BCUT2D eigenvalue weighted by Crippen LogP contribution is 2.23. The van der Waals surface area contributed by atoms with Gasteiger partial charge in [0.05, 0.1) is 5.75 Å². The van der Waals surface area contributed by atoms with E-state index in [1.54, 1.807) is 0 Å². The Bertz CT molecular complexity index is 417. The summed E-state index contributed by atoms with van der Waals surface area (Å²) in [6.07, 6.45) is 0. The van der Waals surface area contributed by atoms with Crippen molar-refractivity contribution in [2.45, 2.75) is 12.7 Å². The van der Waals surface area contributed by atoms with Gasteiger partial charge in [-0.3, -0.25) is 4.21 Å². The number of hydrogen-bond acceptors (Lipinski definition) is 1. The summed E-state index contributed by atoms with van der Waals surface area (Å²) in [6, 6.07) is 0. The number of halogens is 5. The van der Waals surface area contributed by atoms with Crippen LogP contribution in [0, 0.1) is 29.1 Å². The van der Waals surface area contributed by atoms with E-state index in [9.17, 15) is 26.2 Å². The zero-order valence-corrected chi connectivity index (χ0v) is 8.94. The first-order valence-corrected chi connectivity index (χ1v) is 5.74. The summed E-state index contributed by atoms with van der Waals surface area (Å²) in [7, 11) is -1.66. The molecule has 1 unspecified atom stereocenters. The summed E-state index contributed by atoms with van der Waals surface area (Å²) in [5.41, 5.74) is -1.03. The van der Waals surface area contributed by atoms with E-state index in [0.29, 0.717) is 0 Å². The second-order valence-electron chi connectivity index (χ2n) is 2.92. The second-order valence-corrected chi connectivity index (χ2v) is 4.67. The van der Waals surface area contributed by atoms with E-state index in [4.69, 9.17) is 0 Å². The van der Waals surface area contributed by atoms with Gasteiger partial charge in [-0.1, -0.05) is 6.92 Å². The monoisotopic (exact) mass is 258 g/mol. The predicted molar refractivity (Wildman–Crippen MR) is 48.6 cm³/mol. The van der Waals surface area contributed by atoms with Gasteiger partial charge in [0.25, 0.3) is 0 Å². The molecule has 0 N–H and O–H groups in total. The van der Waals surface area contributed by atoms with Crippen LogP contribution in [0.1, 0.15) is 12.5 Å². The first-order chi connectivity index (χ1) is 7.40. The zero-order valence-electron chi connectivity index (χ0n) is 8.12. The minimum absolute atomic E-state index is 0.0689. The predicted octanol–water partition coefficient (Wildman–Crippen LogP) is 2.65. The van der Waals surface area contributed by atoms with Crippen molar-refractivity contribution < 1.29 is 26.2 Å². The lowest BCUT2D eigenvalue weighted by Gasteiger charge is -2.07. The standard InChI is InChI=1S/C9H7F5OS/c1-2-16(15)3-4-5(10)7(12)9(14)8(13)6(4)11/h2-3H2,1H3. The Morgan fingerprint density at radius 3 is 1.62 bits per heavy atom. The van der Waals surface area contributed by atoms with E-state index >= 15 is 0 Å². The molecule has 90 valence electrons. The molecule has 0 saturated heterocycles. The Balaban J connectivity index is 3.34. The van der Waals surface area contributed by atoms with Gasteiger partial charge in [0, 0.05) is 22.1 Å². The molecule has 1 aromatic carbocycles. The molecule has 0 bridgehead atoms. The quantitative estimate of drug-likeness (QED) is 0.463. The van der Waals surface area contributed by atoms with Gasteiger partial charge in [-0.25, -0.2) is 22.0 Å². The number of hydrogen-bond donors (Lipinski definition) is 0. The maximum absolute atomic E-state index is 13.0. The molecule has 0 aromatic heterocycles. The minimum atomic E-state index is -2.21. The third kappa shape index (κ3) is 2.23. The molecule has 7 heteroatoms. The van der Waals surface area contributed by atoms with E-state index in [-0.39, 0.29) is 5.75 Å². The van der Waals surface area contributed by atoms with Crippen molar-refractivity contribution in [1.29, 1.82) is 0 Å². The fourth-order valence-corrected chi connectivity index (χ4v) is 1.82. The van der Waals surface area contributed by atoms with Crippen LogP contribution in [0.2, 0.25) is 0 Å². The Morgan fingerprint density at radius 1 is 0.875 bits per heavy atom. The molecule has 0 aliphatic heterocycles. The highest BCUT2D eigenvalue weighted by atomic mass is 32.2. The first-order valence-electron chi connectivity index (χ1n) is 4.25. The summed E-state index contributed by atoms with van der Waals surface area (Å²) >= 11 is 0. The van der Waals surface area contributed by atoms with Crippen LogP contribution in [-0.4, -0.2) is 9.96 Å². The molecule has 0 aliphatic carbocycles. The van der Waals surface area contributed by atoms with Crippen LogP contribution in [0.3, 0.4) is 0 Å². The highest BCUT2D eigenvalue weighted by Gasteiger charge is 2.26. The van der Waals surface area contributed by atoms with E-state index in [1.165, 1.54) is 6.92 Å². The molecule has 0 heterocycles. The lowest BCUT2D eigenvalue weighted by Crippen LogP contribution is -2.10. The van der Waals surface area contributed by atoms with Gasteiger partial charge in [-0.2, -0.15) is 0 Å². The van der Waals surface area contributed by atoms with Gasteiger partial charge in [0.15, 0.2) is 23.3 Å². The van der Waals surface area contributed by atoms with E-state index in [0.717, 1.165) is 0 Å². The van der Waals surface area contributed by atoms with Crippen molar-refractivity contribution in [3.63, 3.8) is 0 Å². The van der Waals surface area contributed by atoms with Gasteiger partial charge in [-0.15, -0.1) is 0 Å². The maximum Gasteiger partial charge on any atom is 0.200 e. The SMILES string of the molecule is CCS(=O)Cc1c(F)c(F)c(F)c(F)c1F. The van der Waals surface area contributed by atoms with E-state index in [2.05, 4.69) is 0 Å². The van der Waals surface area contributed by atoms with Crippen molar-refractivity contribution in [2.75, 3.05) is 5.75 Å². The molecule has 1 atom stereocenters. The van der Waals surface area contributed by atoms with Crippen molar-refractivity contribution in [1.82, 2.24) is 0 Å². The average molecular weight is 258 g/mol. The van der Waals surface area contributed by atoms with Gasteiger partial charge in [-0.05, 0) is 0 Å². The third-order valence-corrected chi connectivity index (χ3v) is 3.18. The molecule has 0 fully saturated rings. The van der Waals surface area contributed by atoms with Gasteiger partial charge < -0.3 is 0 Å². The molecule has 0 saturated carbocycles. The van der Waals surface area contributed by atoms with Crippen LogP contribution < -0.4 is 0 Å². The van der Waals surface area contributed by atoms with Crippen molar-refractivity contribution in [3.8, 4) is 0 Å². The summed E-state index contributed by atoms with van der Waals surface area (Å²) in [5, 5.41) is 0. The Labute approximate surface area is 90.7 Å². The number of benzene rings is 1. The van der Waals surface area contributed by atoms with Gasteiger partial charge >= 0.3 is 0 Å². The topological polar surface area (TPSA) is 17.1 Å². The lowest BCUT2D eigenvalue weighted by molar-refractivity contribution is 0.372. The van der Waals surface area contributed by atoms with E-state index < -0.39 is 51.2 Å². The first kappa shape index (κ1) is 13.1. The van der Waals surface area contributed by atoms with Crippen LogP contribution in [0.4, 0.5) is 22.0 Å². The van der Waals surface area contributed by atoms with Gasteiger partial charge in [0.1, 0.15) is 0 Å². The molecule has 1 aromatic rings.